The second-order valence-electron chi connectivity index (χ2n) is 5.29. The molecular weight excluding hydrogens is 212 g/mol. The van der Waals surface area contributed by atoms with Crippen molar-refractivity contribution in [2.45, 2.75) is 64.9 Å². The fraction of sp³-hybridized carbons (Fsp3) is 0.917. The Hall–Kier alpha value is -0.240. The van der Waals surface area contributed by atoms with Gasteiger partial charge < -0.3 is 4.74 Å². The fourth-order valence-electron chi connectivity index (χ4n) is 2.01. The van der Waals surface area contributed by atoms with Crippen LogP contribution >= 0.6 is 12.4 Å². The zero-order valence-corrected chi connectivity index (χ0v) is 10.9. The maximum atomic E-state index is 11.5. The average molecular weight is 235 g/mol. The van der Waals surface area contributed by atoms with Crippen molar-refractivity contribution in [1.29, 1.82) is 0 Å². The summed E-state index contributed by atoms with van der Waals surface area (Å²) in [7, 11) is 0. The molecule has 0 atom stereocenters. The molecule has 1 fully saturated rings. The number of esters is 1. The second-order valence-corrected chi connectivity index (χ2v) is 5.29. The first-order valence-corrected chi connectivity index (χ1v) is 5.69. The maximum Gasteiger partial charge on any atom is 0.306 e. The van der Waals surface area contributed by atoms with Crippen LogP contribution in [0, 0.1) is 5.92 Å². The molecule has 1 saturated carbocycles. The van der Waals surface area contributed by atoms with Gasteiger partial charge in [0.1, 0.15) is 5.60 Å². The van der Waals surface area contributed by atoms with E-state index in [0.717, 1.165) is 0 Å². The van der Waals surface area contributed by atoms with Crippen LogP contribution in [0.5, 0.6) is 0 Å². The molecule has 1 aliphatic rings. The number of rotatable bonds is 2. The molecule has 3 heteroatoms. The van der Waals surface area contributed by atoms with E-state index in [1.165, 1.54) is 32.1 Å². The quantitative estimate of drug-likeness (QED) is 0.681. The van der Waals surface area contributed by atoms with E-state index in [-0.39, 0.29) is 24.0 Å². The Balaban J connectivity index is 0.00000196. The lowest BCUT2D eigenvalue weighted by atomic mass is 9.87. The molecule has 2 nitrogen and oxygen atoms in total. The van der Waals surface area contributed by atoms with Crippen LogP contribution in [-0.2, 0) is 9.53 Å². The van der Waals surface area contributed by atoms with Crippen LogP contribution in [0.3, 0.4) is 0 Å². The summed E-state index contributed by atoms with van der Waals surface area (Å²) in [6.07, 6.45) is 6.95. The highest BCUT2D eigenvalue weighted by Crippen LogP contribution is 2.27. The van der Waals surface area contributed by atoms with Gasteiger partial charge in [0.2, 0.25) is 0 Å². The highest BCUT2D eigenvalue weighted by molar-refractivity contribution is 5.85. The molecule has 0 heterocycles. The lowest BCUT2D eigenvalue weighted by Gasteiger charge is -2.24. The highest BCUT2D eigenvalue weighted by Gasteiger charge is 2.21. The molecule has 0 amide bonds. The molecule has 1 aliphatic carbocycles. The summed E-state index contributed by atoms with van der Waals surface area (Å²) >= 11 is 0. The summed E-state index contributed by atoms with van der Waals surface area (Å²) in [4.78, 5) is 11.5. The highest BCUT2D eigenvalue weighted by atomic mass is 35.5. The first kappa shape index (κ1) is 14.8. The Morgan fingerprint density at radius 2 is 1.73 bits per heavy atom. The van der Waals surface area contributed by atoms with Crippen molar-refractivity contribution < 1.29 is 9.53 Å². The van der Waals surface area contributed by atoms with Gasteiger partial charge in [0.25, 0.3) is 0 Å². The summed E-state index contributed by atoms with van der Waals surface area (Å²) in [6.45, 7) is 5.77. The number of hydrogen-bond acceptors (Lipinski definition) is 2. The van der Waals surface area contributed by atoms with Gasteiger partial charge in [-0.15, -0.1) is 12.4 Å². The second kappa shape index (κ2) is 6.37. The maximum absolute atomic E-state index is 11.5. The molecule has 0 unspecified atom stereocenters. The van der Waals surface area contributed by atoms with Gasteiger partial charge in [-0.05, 0) is 39.5 Å². The summed E-state index contributed by atoms with van der Waals surface area (Å²) < 4.78 is 5.30. The minimum absolute atomic E-state index is 0. The van der Waals surface area contributed by atoms with Gasteiger partial charge >= 0.3 is 5.97 Å². The first-order chi connectivity index (χ1) is 6.47. The first-order valence-electron chi connectivity index (χ1n) is 5.69. The molecule has 0 aliphatic heterocycles. The smallest absolute Gasteiger partial charge is 0.306 e. The van der Waals surface area contributed by atoms with Gasteiger partial charge in [-0.3, -0.25) is 4.79 Å². The van der Waals surface area contributed by atoms with Gasteiger partial charge in [0, 0.05) is 6.42 Å². The van der Waals surface area contributed by atoms with Crippen molar-refractivity contribution in [3.8, 4) is 0 Å². The molecule has 0 spiro atoms. The van der Waals surface area contributed by atoms with Gasteiger partial charge in [0.15, 0.2) is 0 Å². The Morgan fingerprint density at radius 3 is 2.20 bits per heavy atom. The average Bonchev–Trinajstić information content (AvgIpc) is 2.02. The monoisotopic (exact) mass is 234 g/mol. The molecule has 15 heavy (non-hydrogen) atoms. The largest absolute Gasteiger partial charge is 0.460 e. The van der Waals surface area contributed by atoms with Crippen LogP contribution in [0.2, 0.25) is 0 Å². The van der Waals surface area contributed by atoms with E-state index >= 15 is 0 Å². The van der Waals surface area contributed by atoms with Crippen LogP contribution in [-0.4, -0.2) is 11.6 Å². The summed E-state index contributed by atoms with van der Waals surface area (Å²) in [5, 5.41) is 0. The standard InChI is InChI=1S/C12H22O2.ClH/c1-12(2,3)14-11(13)9-10-7-5-4-6-8-10;/h10H,4-9H2,1-3H3;1H. The van der Waals surface area contributed by atoms with Crippen molar-refractivity contribution in [3.63, 3.8) is 0 Å². The molecular formula is C12H23ClO2. The zero-order chi connectivity index (χ0) is 10.6. The molecule has 0 saturated heterocycles. The van der Waals surface area contributed by atoms with Gasteiger partial charge in [-0.1, -0.05) is 19.3 Å². The van der Waals surface area contributed by atoms with Crippen molar-refractivity contribution in [2.24, 2.45) is 5.92 Å². The fourth-order valence-corrected chi connectivity index (χ4v) is 2.01. The summed E-state index contributed by atoms with van der Waals surface area (Å²) in [5.74, 6) is 0.558. The van der Waals surface area contributed by atoms with E-state index in [2.05, 4.69) is 0 Å². The van der Waals surface area contributed by atoms with Gasteiger partial charge in [-0.2, -0.15) is 0 Å². The normalized spacial score (nSPS) is 18.1. The lowest BCUT2D eigenvalue weighted by molar-refractivity contribution is -0.156. The van der Waals surface area contributed by atoms with Crippen LogP contribution in [0.4, 0.5) is 0 Å². The van der Waals surface area contributed by atoms with Crippen LogP contribution in [0.25, 0.3) is 0 Å². The third-order valence-electron chi connectivity index (χ3n) is 2.60. The molecule has 0 N–H and O–H groups in total. The summed E-state index contributed by atoms with van der Waals surface area (Å²) in [6, 6.07) is 0. The Morgan fingerprint density at radius 1 is 1.20 bits per heavy atom. The lowest BCUT2D eigenvalue weighted by Crippen LogP contribution is -2.25. The number of carbonyl (C=O) groups excluding carboxylic acids is 1. The number of halogens is 1. The third-order valence-corrected chi connectivity index (χ3v) is 2.60. The van der Waals surface area contributed by atoms with Crippen LogP contribution in [0.15, 0.2) is 0 Å². The molecule has 0 bridgehead atoms. The molecule has 1 rings (SSSR count). The van der Waals surface area contributed by atoms with E-state index in [1.807, 2.05) is 20.8 Å². The summed E-state index contributed by atoms with van der Waals surface area (Å²) in [5.41, 5.74) is -0.328. The zero-order valence-electron chi connectivity index (χ0n) is 10.0. The number of hydrogen-bond donors (Lipinski definition) is 0. The van der Waals surface area contributed by atoms with Crippen molar-refractivity contribution in [2.75, 3.05) is 0 Å². The van der Waals surface area contributed by atoms with Crippen molar-refractivity contribution in [1.82, 2.24) is 0 Å². The SMILES string of the molecule is CC(C)(C)OC(=O)CC1CCCCC1.Cl. The molecule has 0 aromatic rings. The number of carbonyl (C=O) groups is 1. The molecule has 0 aromatic heterocycles. The van der Waals surface area contributed by atoms with E-state index in [9.17, 15) is 4.79 Å². The Bertz CT molecular complexity index is 190. The minimum atomic E-state index is -0.328. The Kier molecular flexibility index (Phi) is 6.26. The van der Waals surface area contributed by atoms with E-state index < -0.39 is 0 Å². The predicted octanol–water partition coefficient (Wildman–Crippen LogP) is 3.72. The topological polar surface area (TPSA) is 26.3 Å². The molecule has 90 valence electrons. The van der Waals surface area contributed by atoms with Crippen LogP contribution < -0.4 is 0 Å². The predicted molar refractivity (Wildman–Crippen MR) is 64.3 cm³/mol. The van der Waals surface area contributed by atoms with Gasteiger partial charge in [0.05, 0.1) is 0 Å². The van der Waals surface area contributed by atoms with E-state index in [4.69, 9.17) is 4.74 Å². The van der Waals surface area contributed by atoms with Gasteiger partial charge in [-0.25, -0.2) is 0 Å². The van der Waals surface area contributed by atoms with E-state index in [1.54, 1.807) is 0 Å². The van der Waals surface area contributed by atoms with E-state index in [0.29, 0.717) is 12.3 Å². The molecule has 0 aromatic carbocycles. The minimum Gasteiger partial charge on any atom is -0.460 e. The van der Waals surface area contributed by atoms with Crippen LogP contribution in [0.1, 0.15) is 59.3 Å². The Labute approximate surface area is 99.2 Å². The number of ether oxygens (including phenoxy) is 1. The third kappa shape index (κ3) is 6.77. The van der Waals surface area contributed by atoms with Crippen molar-refractivity contribution >= 4 is 18.4 Å². The molecule has 0 radical (unpaired) electrons. The van der Waals surface area contributed by atoms with Crippen molar-refractivity contribution in [3.05, 3.63) is 0 Å².